The van der Waals surface area contributed by atoms with Crippen molar-refractivity contribution in [1.29, 1.82) is 0 Å². The predicted molar refractivity (Wildman–Crippen MR) is 46.9 cm³/mol. The minimum absolute atomic E-state index is 0.0594. The van der Waals surface area contributed by atoms with E-state index in [9.17, 15) is 22.8 Å². The van der Waals surface area contributed by atoms with E-state index in [2.05, 4.69) is 0 Å². The van der Waals surface area contributed by atoms with Gasteiger partial charge >= 0.3 is 0 Å². The van der Waals surface area contributed by atoms with Gasteiger partial charge in [0.15, 0.2) is 0 Å². The molecule has 2 rings (SSSR count). The van der Waals surface area contributed by atoms with Crippen molar-refractivity contribution in [2.75, 3.05) is 0 Å². The second-order valence-corrected chi connectivity index (χ2v) is 4.19. The van der Waals surface area contributed by atoms with Gasteiger partial charge in [0.2, 0.25) is 23.2 Å². The fraction of sp³-hybridized carbons (Fsp3) is 0.111. The van der Waals surface area contributed by atoms with Gasteiger partial charge in [-0.2, -0.15) is 8.78 Å². The Kier molecular flexibility index (Phi) is 2.04. The molecule has 0 atom stereocenters. The van der Waals surface area contributed by atoms with Crippen molar-refractivity contribution in [1.82, 2.24) is 0 Å². The van der Waals surface area contributed by atoms with Crippen LogP contribution in [0, 0.1) is 12.7 Å². The van der Waals surface area contributed by atoms with Crippen LogP contribution >= 0.6 is 11.3 Å². The summed E-state index contributed by atoms with van der Waals surface area (Å²) >= 11 is 0.648. The summed E-state index contributed by atoms with van der Waals surface area (Å²) in [6.07, 6.45) is 0. The molecule has 78 valence electrons. The van der Waals surface area contributed by atoms with E-state index in [4.69, 9.17) is 0 Å². The molecule has 0 fully saturated rings. The van der Waals surface area contributed by atoms with Gasteiger partial charge in [-0.05, 0) is 6.92 Å². The number of carbonyl (C=O) groups is 2. The third-order valence-electron chi connectivity index (χ3n) is 2.04. The molecule has 2 nitrogen and oxygen atoms in total. The maximum Gasteiger partial charge on any atom is 0.235 e. The Bertz CT molecular complexity index is 528. The molecule has 1 aromatic rings. The zero-order chi connectivity index (χ0) is 11.3. The number of carbonyl (C=O) groups excluding carboxylic acids is 2. The highest BCUT2D eigenvalue weighted by Crippen LogP contribution is 2.35. The summed E-state index contributed by atoms with van der Waals surface area (Å²) in [5, 5.41) is 0. The highest BCUT2D eigenvalue weighted by atomic mass is 32.1. The zero-order valence-corrected chi connectivity index (χ0v) is 8.18. The van der Waals surface area contributed by atoms with E-state index in [0.717, 1.165) is 0 Å². The number of halogens is 3. The molecule has 6 heteroatoms. The lowest BCUT2D eigenvalue weighted by Gasteiger charge is -2.06. The number of fused-ring (bicyclic) bond motifs is 1. The van der Waals surface area contributed by atoms with Crippen LogP contribution in [0.1, 0.15) is 24.9 Å². The summed E-state index contributed by atoms with van der Waals surface area (Å²) in [6, 6.07) is 0. The van der Waals surface area contributed by atoms with Crippen molar-refractivity contribution in [3.63, 3.8) is 0 Å². The van der Waals surface area contributed by atoms with Crippen LogP contribution in [0.4, 0.5) is 13.2 Å². The molecule has 15 heavy (non-hydrogen) atoms. The molecule has 0 bridgehead atoms. The maximum atomic E-state index is 13.3. The lowest BCUT2D eigenvalue weighted by Crippen LogP contribution is -2.17. The van der Waals surface area contributed by atoms with Crippen molar-refractivity contribution in [2.24, 2.45) is 0 Å². The van der Waals surface area contributed by atoms with Gasteiger partial charge in [-0.3, -0.25) is 9.59 Å². The summed E-state index contributed by atoms with van der Waals surface area (Å²) in [5.74, 6) is -7.17. The molecule has 1 aliphatic rings. The molecule has 0 aromatic carbocycles. The molecule has 0 saturated carbocycles. The molecule has 0 radical (unpaired) electrons. The van der Waals surface area contributed by atoms with Gasteiger partial charge in [-0.15, -0.1) is 11.3 Å². The first-order valence-corrected chi connectivity index (χ1v) is 4.70. The highest BCUT2D eigenvalue weighted by molar-refractivity contribution is 7.14. The standard InChI is InChI=1S/C9H3F3O2S/c1-2-4(10)3-7(13)5(11)6(12)8(14)9(3)15-2/h1H3. The second-order valence-electron chi connectivity index (χ2n) is 2.96. The first kappa shape index (κ1) is 10.1. The van der Waals surface area contributed by atoms with Crippen LogP contribution in [0.2, 0.25) is 0 Å². The van der Waals surface area contributed by atoms with Crippen molar-refractivity contribution < 1.29 is 22.8 Å². The summed E-state index contributed by atoms with van der Waals surface area (Å²) in [6.45, 7) is 1.33. The smallest absolute Gasteiger partial charge is 0.235 e. The van der Waals surface area contributed by atoms with E-state index in [1.165, 1.54) is 6.92 Å². The summed E-state index contributed by atoms with van der Waals surface area (Å²) in [4.78, 5) is 22.0. The maximum absolute atomic E-state index is 13.3. The number of thiophene rings is 1. The molecular weight excluding hydrogens is 229 g/mol. The van der Waals surface area contributed by atoms with Gasteiger partial charge in [0.1, 0.15) is 5.82 Å². The quantitative estimate of drug-likeness (QED) is 0.689. The Balaban J connectivity index is 2.78. The average Bonchev–Trinajstić information content (AvgIpc) is 2.50. The Morgan fingerprint density at radius 1 is 1.00 bits per heavy atom. The first-order chi connectivity index (χ1) is 6.95. The second kappa shape index (κ2) is 3.03. The molecule has 0 unspecified atom stereocenters. The Morgan fingerprint density at radius 3 is 2.13 bits per heavy atom. The fourth-order valence-electron chi connectivity index (χ4n) is 1.30. The number of rotatable bonds is 0. The van der Waals surface area contributed by atoms with Crippen LogP contribution in [-0.4, -0.2) is 11.6 Å². The molecule has 0 aliphatic heterocycles. The van der Waals surface area contributed by atoms with E-state index < -0.39 is 34.6 Å². The van der Waals surface area contributed by atoms with Crippen molar-refractivity contribution >= 4 is 22.9 Å². The van der Waals surface area contributed by atoms with Crippen LogP contribution < -0.4 is 0 Å². The number of ketones is 2. The lowest BCUT2D eigenvalue weighted by molar-refractivity contribution is 0.0932. The number of hydrogen-bond acceptors (Lipinski definition) is 3. The predicted octanol–water partition coefficient (Wildman–Crippen LogP) is 2.73. The van der Waals surface area contributed by atoms with Crippen LogP contribution in [0.25, 0.3) is 0 Å². The summed E-state index contributed by atoms with van der Waals surface area (Å²) in [7, 11) is 0. The van der Waals surface area contributed by atoms with Crippen LogP contribution in [-0.2, 0) is 0 Å². The van der Waals surface area contributed by atoms with E-state index in [1.807, 2.05) is 0 Å². The molecule has 1 heterocycles. The molecule has 0 spiro atoms. The summed E-state index contributed by atoms with van der Waals surface area (Å²) < 4.78 is 39.0. The number of aryl methyl sites for hydroxylation is 1. The van der Waals surface area contributed by atoms with Gasteiger partial charge in [0, 0.05) is 4.88 Å². The fourth-order valence-corrected chi connectivity index (χ4v) is 2.26. The first-order valence-electron chi connectivity index (χ1n) is 3.88. The summed E-state index contributed by atoms with van der Waals surface area (Å²) in [5.41, 5.74) is -0.651. The van der Waals surface area contributed by atoms with Crippen LogP contribution in [0.3, 0.4) is 0 Å². The largest absolute Gasteiger partial charge is 0.286 e. The number of Topliss-reactive ketones (excluding diaryl/α,β-unsaturated/α-hetero) is 2. The minimum atomic E-state index is -1.82. The molecule has 1 aliphatic carbocycles. The monoisotopic (exact) mass is 232 g/mol. The molecule has 1 aromatic heterocycles. The van der Waals surface area contributed by atoms with E-state index in [0.29, 0.717) is 11.3 Å². The molecule has 0 N–H and O–H groups in total. The third kappa shape index (κ3) is 1.18. The van der Waals surface area contributed by atoms with Crippen LogP contribution in [0.15, 0.2) is 11.7 Å². The topological polar surface area (TPSA) is 34.1 Å². The van der Waals surface area contributed by atoms with E-state index >= 15 is 0 Å². The van der Waals surface area contributed by atoms with Gasteiger partial charge in [-0.25, -0.2) is 4.39 Å². The molecule has 0 amide bonds. The van der Waals surface area contributed by atoms with Gasteiger partial charge in [-0.1, -0.05) is 0 Å². The van der Waals surface area contributed by atoms with Gasteiger partial charge in [0.25, 0.3) is 0 Å². The highest BCUT2D eigenvalue weighted by Gasteiger charge is 2.38. The Morgan fingerprint density at radius 2 is 1.53 bits per heavy atom. The van der Waals surface area contributed by atoms with E-state index in [1.54, 1.807) is 0 Å². The molecule has 0 saturated heterocycles. The molecular formula is C9H3F3O2S. The average molecular weight is 232 g/mol. The SMILES string of the molecule is Cc1sc2c(c1F)C(=O)C(F)=C(F)C2=O. The van der Waals surface area contributed by atoms with Crippen LogP contribution in [0.5, 0.6) is 0 Å². The van der Waals surface area contributed by atoms with Gasteiger partial charge in [0.05, 0.1) is 10.4 Å². The zero-order valence-electron chi connectivity index (χ0n) is 7.36. The Hall–Kier alpha value is -1.43. The van der Waals surface area contributed by atoms with Crippen molar-refractivity contribution in [3.8, 4) is 0 Å². The number of hydrogen-bond donors (Lipinski definition) is 0. The minimum Gasteiger partial charge on any atom is -0.286 e. The van der Waals surface area contributed by atoms with Crippen molar-refractivity contribution in [2.45, 2.75) is 6.92 Å². The Labute approximate surface area is 86.0 Å². The van der Waals surface area contributed by atoms with Crippen molar-refractivity contribution in [3.05, 3.63) is 32.8 Å². The van der Waals surface area contributed by atoms with Gasteiger partial charge < -0.3 is 0 Å². The lowest BCUT2D eigenvalue weighted by atomic mass is 10.0. The third-order valence-corrected chi connectivity index (χ3v) is 3.11. The normalized spacial score (nSPS) is 16.0. The van der Waals surface area contributed by atoms with E-state index in [-0.39, 0.29) is 9.75 Å². The number of allylic oxidation sites excluding steroid dienone is 2.